The molecule has 0 amide bonds. The fraction of sp³-hybridized carbons (Fsp3) is 0.500. The summed E-state index contributed by atoms with van der Waals surface area (Å²) in [5, 5.41) is 7.13. The number of methoxy groups -OCH3 is 1. The minimum atomic E-state index is 0. The molecule has 180 valence electrons. The lowest BCUT2D eigenvalue weighted by Crippen LogP contribution is -2.51. The monoisotopic (exact) mass is 564 g/mol. The van der Waals surface area contributed by atoms with Crippen molar-refractivity contribution in [3.05, 3.63) is 60.2 Å². The van der Waals surface area contributed by atoms with Crippen molar-refractivity contribution in [1.29, 1.82) is 0 Å². The first-order chi connectivity index (χ1) is 15.8. The number of para-hydroxylation sites is 2. The van der Waals surface area contributed by atoms with Crippen LogP contribution < -0.4 is 20.3 Å². The molecule has 0 spiro atoms. The van der Waals surface area contributed by atoms with E-state index in [1.165, 1.54) is 5.56 Å². The Kier molecular flexibility index (Phi) is 10.1. The van der Waals surface area contributed by atoms with Crippen LogP contribution in [-0.2, 0) is 4.74 Å². The van der Waals surface area contributed by atoms with E-state index in [1.807, 2.05) is 12.1 Å². The molecule has 2 heterocycles. The van der Waals surface area contributed by atoms with Crippen LogP contribution in [0.1, 0.15) is 37.9 Å². The first-order valence-corrected chi connectivity index (χ1v) is 11.9. The number of aliphatic imine (C=N–C) groups is 1. The average Bonchev–Trinajstić information content (AvgIpc) is 3.32. The lowest BCUT2D eigenvalue weighted by Gasteiger charge is -2.36. The van der Waals surface area contributed by atoms with Crippen molar-refractivity contribution in [1.82, 2.24) is 10.6 Å². The molecule has 0 aliphatic carbocycles. The second kappa shape index (κ2) is 13.0. The average molecular weight is 565 g/mol. The Morgan fingerprint density at radius 3 is 2.70 bits per heavy atom. The van der Waals surface area contributed by atoms with E-state index in [-0.39, 0.29) is 30.1 Å². The van der Waals surface area contributed by atoms with E-state index in [9.17, 15) is 0 Å². The smallest absolute Gasteiger partial charge is 0.191 e. The van der Waals surface area contributed by atoms with Crippen LogP contribution in [0, 0.1) is 5.92 Å². The Balaban J connectivity index is 0.00000306. The Morgan fingerprint density at radius 1 is 1.12 bits per heavy atom. The molecule has 2 N–H and O–H groups in total. The van der Waals surface area contributed by atoms with E-state index in [0.29, 0.717) is 12.0 Å². The van der Waals surface area contributed by atoms with E-state index in [4.69, 9.17) is 14.5 Å². The number of guanidine groups is 1. The molecule has 3 atom stereocenters. The summed E-state index contributed by atoms with van der Waals surface area (Å²) in [5.74, 6) is 2.24. The Hall–Kier alpha value is -2.00. The molecule has 2 aromatic rings. The van der Waals surface area contributed by atoms with Gasteiger partial charge in [-0.3, -0.25) is 4.99 Å². The zero-order chi connectivity index (χ0) is 22.2. The Bertz CT molecular complexity index is 880. The van der Waals surface area contributed by atoms with Gasteiger partial charge in [-0.05, 0) is 43.9 Å². The SMILES string of the molecule is CCNC(=NCC1CCOC1c1ccccc1)NC1CCCN(c2ccccc2OC)C1.I. The first-order valence-electron chi connectivity index (χ1n) is 11.9. The number of ether oxygens (including phenoxy) is 2. The third-order valence-electron chi connectivity index (χ3n) is 6.36. The van der Waals surface area contributed by atoms with Crippen LogP contribution in [0.15, 0.2) is 59.6 Å². The van der Waals surface area contributed by atoms with Crippen LogP contribution in [0.3, 0.4) is 0 Å². The topological polar surface area (TPSA) is 58.1 Å². The third-order valence-corrected chi connectivity index (χ3v) is 6.36. The summed E-state index contributed by atoms with van der Waals surface area (Å²) in [6.45, 7) is 6.51. The molecular formula is C26H37IN4O2. The zero-order valence-corrected chi connectivity index (χ0v) is 22.0. The quantitative estimate of drug-likeness (QED) is 0.292. The van der Waals surface area contributed by atoms with Crippen molar-refractivity contribution >= 4 is 35.6 Å². The molecule has 6 nitrogen and oxygen atoms in total. The molecule has 2 saturated heterocycles. The van der Waals surface area contributed by atoms with Gasteiger partial charge in [0.05, 0.1) is 18.9 Å². The van der Waals surface area contributed by atoms with E-state index in [2.05, 4.69) is 64.9 Å². The van der Waals surface area contributed by atoms with Crippen LogP contribution >= 0.6 is 24.0 Å². The predicted octanol–water partition coefficient (Wildman–Crippen LogP) is 4.61. The third kappa shape index (κ3) is 6.76. The summed E-state index contributed by atoms with van der Waals surface area (Å²) in [7, 11) is 1.74. The standard InChI is InChI=1S/C26H36N4O2.HI/c1-3-27-26(28-18-21-15-17-32-25(21)20-10-5-4-6-11-20)29-22-12-9-16-30(19-22)23-13-7-8-14-24(23)31-2;/h4-8,10-11,13-14,21-22,25H,3,9,12,15-19H2,1-2H3,(H2,27,28,29);1H. The van der Waals surface area contributed by atoms with Gasteiger partial charge in [-0.25, -0.2) is 0 Å². The summed E-state index contributed by atoms with van der Waals surface area (Å²) >= 11 is 0. The largest absolute Gasteiger partial charge is 0.495 e. The van der Waals surface area contributed by atoms with Crippen LogP contribution in [-0.4, -0.2) is 51.9 Å². The van der Waals surface area contributed by atoms with Crippen molar-refractivity contribution in [3.63, 3.8) is 0 Å². The van der Waals surface area contributed by atoms with E-state index >= 15 is 0 Å². The minimum Gasteiger partial charge on any atom is -0.495 e. The Morgan fingerprint density at radius 2 is 1.91 bits per heavy atom. The molecule has 0 radical (unpaired) electrons. The predicted molar refractivity (Wildman–Crippen MR) is 146 cm³/mol. The van der Waals surface area contributed by atoms with Crippen LogP contribution in [0.25, 0.3) is 0 Å². The maximum atomic E-state index is 6.05. The highest BCUT2D eigenvalue weighted by molar-refractivity contribution is 14.0. The van der Waals surface area contributed by atoms with E-state index in [0.717, 1.165) is 69.4 Å². The highest BCUT2D eigenvalue weighted by atomic mass is 127. The number of nitrogens with one attached hydrogen (secondary N) is 2. The van der Waals surface area contributed by atoms with Crippen molar-refractivity contribution in [2.45, 2.75) is 38.3 Å². The maximum Gasteiger partial charge on any atom is 0.191 e. The summed E-state index contributed by atoms with van der Waals surface area (Å²) < 4.78 is 11.6. The fourth-order valence-electron chi connectivity index (χ4n) is 4.76. The molecular weight excluding hydrogens is 527 g/mol. The summed E-state index contributed by atoms with van der Waals surface area (Å²) in [5.41, 5.74) is 2.42. The second-order valence-corrected chi connectivity index (χ2v) is 8.57. The van der Waals surface area contributed by atoms with Crippen molar-refractivity contribution in [3.8, 4) is 5.75 Å². The molecule has 4 rings (SSSR count). The van der Waals surface area contributed by atoms with Crippen LogP contribution in [0.5, 0.6) is 5.75 Å². The number of piperidine rings is 1. The van der Waals surface area contributed by atoms with Gasteiger partial charge in [0.2, 0.25) is 0 Å². The van der Waals surface area contributed by atoms with Gasteiger partial charge in [-0.15, -0.1) is 24.0 Å². The van der Waals surface area contributed by atoms with Gasteiger partial charge in [0.1, 0.15) is 5.75 Å². The molecule has 0 saturated carbocycles. The molecule has 7 heteroatoms. The molecule has 33 heavy (non-hydrogen) atoms. The van der Waals surface area contributed by atoms with Gasteiger partial charge in [-0.2, -0.15) is 0 Å². The molecule has 0 bridgehead atoms. The summed E-state index contributed by atoms with van der Waals surface area (Å²) in [6.07, 6.45) is 3.46. The second-order valence-electron chi connectivity index (χ2n) is 8.57. The molecule has 2 aliphatic heterocycles. The van der Waals surface area contributed by atoms with Gasteiger partial charge in [0, 0.05) is 44.7 Å². The fourth-order valence-corrected chi connectivity index (χ4v) is 4.76. The molecule has 2 aromatic carbocycles. The van der Waals surface area contributed by atoms with Crippen molar-refractivity contribution in [2.75, 3.05) is 44.8 Å². The van der Waals surface area contributed by atoms with Crippen molar-refractivity contribution in [2.24, 2.45) is 10.9 Å². The van der Waals surface area contributed by atoms with Gasteiger partial charge >= 0.3 is 0 Å². The Labute approximate surface area is 215 Å². The highest BCUT2D eigenvalue weighted by Gasteiger charge is 2.29. The molecule has 2 fully saturated rings. The van der Waals surface area contributed by atoms with E-state index < -0.39 is 0 Å². The van der Waals surface area contributed by atoms with Gasteiger partial charge in [0.25, 0.3) is 0 Å². The number of hydrogen-bond donors (Lipinski definition) is 2. The lowest BCUT2D eigenvalue weighted by molar-refractivity contribution is 0.0925. The highest BCUT2D eigenvalue weighted by Crippen LogP contribution is 2.34. The summed E-state index contributed by atoms with van der Waals surface area (Å²) in [4.78, 5) is 7.38. The first kappa shape index (κ1) is 25.6. The van der Waals surface area contributed by atoms with Crippen molar-refractivity contribution < 1.29 is 9.47 Å². The van der Waals surface area contributed by atoms with Gasteiger partial charge in [-0.1, -0.05) is 42.5 Å². The molecule has 0 aromatic heterocycles. The summed E-state index contributed by atoms with van der Waals surface area (Å²) in [6, 6.07) is 19.2. The number of rotatable bonds is 7. The minimum absolute atomic E-state index is 0. The number of benzene rings is 2. The van der Waals surface area contributed by atoms with Crippen LogP contribution in [0.2, 0.25) is 0 Å². The zero-order valence-electron chi connectivity index (χ0n) is 19.7. The number of hydrogen-bond acceptors (Lipinski definition) is 4. The lowest BCUT2D eigenvalue weighted by atomic mass is 9.95. The normalized spacial score (nSPS) is 23.0. The van der Waals surface area contributed by atoms with E-state index in [1.54, 1.807) is 7.11 Å². The molecule has 3 unspecified atom stereocenters. The maximum absolute atomic E-state index is 6.05. The number of nitrogens with zero attached hydrogens (tertiary/aromatic N) is 2. The molecule has 2 aliphatic rings. The number of anilines is 1. The van der Waals surface area contributed by atoms with Crippen LogP contribution in [0.4, 0.5) is 5.69 Å². The van der Waals surface area contributed by atoms with Gasteiger partial charge < -0.3 is 25.0 Å². The number of halogens is 1. The van der Waals surface area contributed by atoms with Gasteiger partial charge in [0.15, 0.2) is 5.96 Å².